The number of likely N-dealkylation sites (N-methyl/N-ethyl adjacent to an activating group) is 1. The summed E-state index contributed by atoms with van der Waals surface area (Å²) >= 11 is 0. The number of piperazine rings is 1. The van der Waals surface area contributed by atoms with Gasteiger partial charge in [0, 0.05) is 44.1 Å². The van der Waals surface area contributed by atoms with Crippen LogP contribution in [0.3, 0.4) is 0 Å². The Morgan fingerprint density at radius 1 is 1.15 bits per heavy atom. The van der Waals surface area contributed by atoms with Crippen LogP contribution in [0.2, 0.25) is 0 Å². The van der Waals surface area contributed by atoms with Gasteiger partial charge in [0.05, 0.1) is 0 Å². The third-order valence-corrected chi connectivity index (χ3v) is 5.02. The highest BCUT2D eigenvalue weighted by molar-refractivity contribution is 6.02. The van der Waals surface area contributed by atoms with E-state index in [-0.39, 0.29) is 5.91 Å². The summed E-state index contributed by atoms with van der Waals surface area (Å²) < 4.78 is 0. The molecule has 1 fully saturated rings. The minimum Gasteiger partial charge on any atom is -0.321 e. The zero-order valence-electron chi connectivity index (χ0n) is 16.7. The Kier molecular flexibility index (Phi) is 6.63. The number of carbonyl (C=O) groups excluding carboxylic acids is 1. The highest BCUT2D eigenvalue weighted by Crippen LogP contribution is 2.14. The molecular weight excluding hydrogens is 338 g/mol. The summed E-state index contributed by atoms with van der Waals surface area (Å²) in [6.07, 6.45) is 0.890. The number of aromatic amines is 1. The van der Waals surface area contributed by atoms with Gasteiger partial charge >= 0.3 is 0 Å². The Labute approximate surface area is 161 Å². The van der Waals surface area contributed by atoms with E-state index in [1.807, 2.05) is 18.2 Å². The van der Waals surface area contributed by atoms with Crippen LogP contribution >= 0.6 is 0 Å². The molecule has 0 spiro atoms. The Balaban J connectivity index is 1.51. The molecule has 146 valence electrons. The number of hydrogen-bond acceptors (Lipinski definition) is 4. The molecule has 0 saturated carbocycles. The number of carbonyl (C=O) groups is 1. The fourth-order valence-corrected chi connectivity index (χ4v) is 3.43. The molecule has 6 heteroatoms. The lowest BCUT2D eigenvalue weighted by molar-refractivity contribution is 0.102. The van der Waals surface area contributed by atoms with Gasteiger partial charge in [0.25, 0.3) is 5.91 Å². The Morgan fingerprint density at radius 2 is 1.81 bits per heavy atom. The van der Waals surface area contributed by atoms with E-state index in [1.54, 1.807) is 0 Å². The van der Waals surface area contributed by atoms with Crippen molar-refractivity contribution >= 4 is 11.6 Å². The molecule has 1 aliphatic heterocycles. The summed E-state index contributed by atoms with van der Waals surface area (Å²) in [6.45, 7) is 13.1. The molecule has 1 amide bonds. The molecule has 2 heterocycles. The van der Waals surface area contributed by atoms with Crippen molar-refractivity contribution in [3.05, 3.63) is 47.3 Å². The SMILES string of the molecule is CCN1CCN(Cc2ccc(NC(=O)c3cc(CC(C)C)[nH]n3)cc2)CC1. The maximum Gasteiger partial charge on any atom is 0.276 e. The lowest BCUT2D eigenvalue weighted by atomic mass is 10.1. The largest absolute Gasteiger partial charge is 0.321 e. The minimum atomic E-state index is -0.176. The minimum absolute atomic E-state index is 0.176. The van der Waals surface area contributed by atoms with Gasteiger partial charge in [-0.25, -0.2) is 0 Å². The molecule has 0 radical (unpaired) electrons. The van der Waals surface area contributed by atoms with Crippen molar-refractivity contribution in [2.45, 2.75) is 33.7 Å². The lowest BCUT2D eigenvalue weighted by Crippen LogP contribution is -2.45. The van der Waals surface area contributed by atoms with E-state index in [9.17, 15) is 4.79 Å². The first kappa shape index (κ1) is 19.6. The maximum atomic E-state index is 12.4. The number of nitrogens with one attached hydrogen (secondary N) is 2. The first-order valence-electron chi connectivity index (χ1n) is 9.92. The van der Waals surface area contributed by atoms with Crippen molar-refractivity contribution in [2.75, 3.05) is 38.0 Å². The quantitative estimate of drug-likeness (QED) is 0.787. The summed E-state index contributed by atoms with van der Waals surface area (Å²) in [4.78, 5) is 17.3. The van der Waals surface area contributed by atoms with E-state index in [0.29, 0.717) is 11.6 Å². The number of amides is 1. The highest BCUT2D eigenvalue weighted by atomic mass is 16.1. The van der Waals surface area contributed by atoms with Crippen molar-refractivity contribution in [3.8, 4) is 0 Å². The van der Waals surface area contributed by atoms with Crippen molar-refractivity contribution in [1.29, 1.82) is 0 Å². The van der Waals surface area contributed by atoms with E-state index in [2.05, 4.69) is 58.2 Å². The average Bonchev–Trinajstić information content (AvgIpc) is 3.12. The standard InChI is InChI=1S/C21H31N5O/c1-4-25-9-11-26(12-10-25)15-17-5-7-18(8-6-17)22-21(27)20-14-19(23-24-20)13-16(2)3/h5-8,14,16H,4,9-13,15H2,1-3H3,(H,22,27)(H,23,24). The van der Waals surface area contributed by atoms with Gasteiger partial charge in [-0.3, -0.25) is 14.8 Å². The third-order valence-electron chi connectivity index (χ3n) is 5.02. The second-order valence-electron chi connectivity index (χ2n) is 7.74. The van der Waals surface area contributed by atoms with Crippen LogP contribution in [-0.4, -0.2) is 58.6 Å². The molecule has 1 aromatic heterocycles. The van der Waals surface area contributed by atoms with Gasteiger partial charge in [-0.1, -0.05) is 32.9 Å². The van der Waals surface area contributed by atoms with Gasteiger partial charge in [0.15, 0.2) is 5.69 Å². The normalized spacial score (nSPS) is 16.0. The number of H-pyrrole nitrogens is 1. The number of benzene rings is 1. The van der Waals surface area contributed by atoms with Crippen LogP contribution in [-0.2, 0) is 13.0 Å². The van der Waals surface area contributed by atoms with Gasteiger partial charge in [0.2, 0.25) is 0 Å². The molecule has 1 aromatic carbocycles. The van der Waals surface area contributed by atoms with Crippen molar-refractivity contribution in [2.24, 2.45) is 5.92 Å². The zero-order chi connectivity index (χ0) is 19.2. The van der Waals surface area contributed by atoms with E-state index < -0.39 is 0 Å². The van der Waals surface area contributed by atoms with Crippen LogP contribution in [0, 0.1) is 5.92 Å². The second kappa shape index (κ2) is 9.15. The summed E-state index contributed by atoms with van der Waals surface area (Å²) in [5, 5.41) is 10.00. The Bertz CT molecular complexity index is 729. The Morgan fingerprint density at radius 3 is 2.44 bits per heavy atom. The molecule has 0 unspecified atom stereocenters. The smallest absolute Gasteiger partial charge is 0.276 e. The maximum absolute atomic E-state index is 12.4. The second-order valence-corrected chi connectivity index (χ2v) is 7.74. The van der Waals surface area contributed by atoms with Gasteiger partial charge in [0.1, 0.15) is 0 Å². The highest BCUT2D eigenvalue weighted by Gasteiger charge is 2.16. The monoisotopic (exact) mass is 369 g/mol. The third kappa shape index (κ3) is 5.65. The number of rotatable bonds is 7. The molecule has 1 saturated heterocycles. The molecular formula is C21H31N5O. The molecule has 3 rings (SSSR count). The zero-order valence-corrected chi connectivity index (χ0v) is 16.7. The molecule has 0 aliphatic carbocycles. The number of hydrogen-bond donors (Lipinski definition) is 2. The fraction of sp³-hybridized carbons (Fsp3) is 0.524. The molecule has 0 bridgehead atoms. The number of aromatic nitrogens is 2. The molecule has 1 aliphatic rings. The van der Waals surface area contributed by atoms with Crippen LogP contribution in [0.5, 0.6) is 0 Å². The molecule has 2 N–H and O–H groups in total. The van der Waals surface area contributed by atoms with E-state index >= 15 is 0 Å². The van der Waals surface area contributed by atoms with Gasteiger partial charge in [-0.05, 0) is 42.6 Å². The topological polar surface area (TPSA) is 64.3 Å². The van der Waals surface area contributed by atoms with Gasteiger partial charge in [-0.2, -0.15) is 5.10 Å². The van der Waals surface area contributed by atoms with Crippen molar-refractivity contribution in [3.63, 3.8) is 0 Å². The summed E-state index contributed by atoms with van der Waals surface area (Å²) in [7, 11) is 0. The summed E-state index contributed by atoms with van der Waals surface area (Å²) in [5.41, 5.74) is 3.50. The summed E-state index contributed by atoms with van der Waals surface area (Å²) in [6, 6.07) is 9.96. The molecule has 27 heavy (non-hydrogen) atoms. The van der Waals surface area contributed by atoms with Crippen LogP contribution in [0.15, 0.2) is 30.3 Å². The predicted octanol–water partition coefficient (Wildman–Crippen LogP) is 3.00. The fourth-order valence-electron chi connectivity index (χ4n) is 3.43. The number of anilines is 1. The Hall–Kier alpha value is -2.18. The van der Waals surface area contributed by atoms with Crippen LogP contribution < -0.4 is 5.32 Å². The predicted molar refractivity (Wildman–Crippen MR) is 109 cm³/mol. The molecule has 2 aromatic rings. The van der Waals surface area contributed by atoms with Gasteiger partial charge in [-0.15, -0.1) is 0 Å². The van der Waals surface area contributed by atoms with E-state index in [0.717, 1.165) is 57.1 Å². The van der Waals surface area contributed by atoms with Crippen LogP contribution in [0.25, 0.3) is 0 Å². The average molecular weight is 370 g/mol. The van der Waals surface area contributed by atoms with E-state index in [4.69, 9.17) is 0 Å². The first-order chi connectivity index (χ1) is 13.0. The van der Waals surface area contributed by atoms with E-state index in [1.165, 1.54) is 5.56 Å². The molecule has 6 nitrogen and oxygen atoms in total. The van der Waals surface area contributed by atoms with Crippen molar-refractivity contribution < 1.29 is 4.79 Å². The number of nitrogens with zero attached hydrogens (tertiary/aromatic N) is 3. The molecule has 0 atom stereocenters. The lowest BCUT2D eigenvalue weighted by Gasteiger charge is -2.34. The van der Waals surface area contributed by atoms with Gasteiger partial charge < -0.3 is 10.2 Å². The first-order valence-corrected chi connectivity index (χ1v) is 9.92. The van der Waals surface area contributed by atoms with Crippen LogP contribution in [0.1, 0.15) is 42.5 Å². The van der Waals surface area contributed by atoms with Crippen molar-refractivity contribution in [1.82, 2.24) is 20.0 Å². The summed E-state index contributed by atoms with van der Waals surface area (Å²) in [5.74, 6) is 0.351. The van der Waals surface area contributed by atoms with Crippen LogP contribution in [0.4, 0.5) is 5.69 Å².